The van der Waals surface area contributed by atoms with Gasteiger partial charge in [-0.3, -0.25) is 0 Å². The molecule has 0 unspecified atom stereocenters. The maximum Gasteiger partial charge on any atom is 0.321 e. The number of para-hydroxylation sites is 1. The molecule has 0 saturated carbocycles. The lowest BCUT2D eigenvalue weighted by Gasteiger charge is -2.34. The van der Waals surface area contributed by atoms with Gasteiger partial charge in [-0.1, -0.05) is 40.2 Å². The van der Waals surface area contributed by atoms with Gasteiger partial charge in [0.15, 0.2) is 0 Å². The summed E-state index contributed by atoms with van der Waals surface area (Å²) in [5.74, 6) is 0. The lowest BCUT2D eigenvalue weighted by Crippen LogP contribution is -2.51. The second-order valence-corrected chi connectivity index (χ2v) is 8.50. The molecular formula is C17H18BrN3O3S. The molecule has 1 fully saturated rings. The first-order chi connectivity index (χ1) is 12.0. The summed E-state index contributed by atoms with van der Waals surface area (Å²) in [5, 5.41) is 2.82. The van der Waals surface area contributed by atoms with Crippen molar-refractivity contribution in [2.24, 2.45) is 0 Å². The zero-order valence-corrected chi connectivity index (χ0v) is 15.8. The van der Waals surface area contributed by atoms with Crippen LogP contribution in [0.2, 0.25) is 0 Å². The highest BCUT2D eigenvalue weighted by Crippen LogP contribution is 2.21. The van der Waals surface area contributed by atoms with E-state index in [1.165, 1.54) is 4.31 Å². The smallest absolute Gasteiger partial charge is 0.321 e. The van der Waals surface area contributed by atoms with Crippen LogP contribution in [0.1, 0.15) is 0 Å². The predicted octanol–water partition coefficient (Wildman–Crippen LogP) is 2.99. The first-order valence-corrected chi connectivity index (χ1v) is 10.1. The summed E-state index contributed by atoms with van der Waals surface area (Å²) in [6.07, 6.45) is 0. The SMILES string of the molecule is O=C(Nc1ccccc1)N1CCN(S(=O)(=O)c2cccc(Br)c2)CC1. The molecule has 25 heavy (non-hydrogen) atoms. The van der Waals surface area contributed by atoms with Crippen LogP contribution < -0.4 is 5.32 Å². The number of nitrogens with one attached hydrogen (secondary N) is 1. The molecule has 1 N–H and O–H groups in total. The van der Waals surface area contributed by atoms with Crippen molar-refractivity contribution in [1.29, 1.82) is 0 Å². The third kappa shape index (κ3) is 4.20. The van der Waals surface area contributed by atoms with Crippen LogP contribution in [-0.2, 0) is 10.0 Å². The molecule has 1 aliphatic heterocycles. The van der Waals surface area contributed by atoms with E-state index in [1.807, 2.05) is 30.3 Å². The lowest BCUT2D eigenvalue weighted by molar-refractivity contribution is 0.184. The van der Waals surface area contributed by atoms with E-state index < -0.39 is 10.0 Å². The number of halogens is 1. The molecule has 1 saturated heterocycles. The first kappa shape index (κ1) is 17.9. The number of carbonyl (C=O) groups excluding carboxylic acids is 1. The summed E-state index contributed by atoms with van der Waals surface area (Å²) in [6, 6.07) is 15.6. The number of sulfonamides is 1. The van der Waals surface area contributed by atoms with E-state index in [2.05, 4.69) is 21.2 Å². The Morgan fingerprint density at radius 2 is 1.64 bits per heavy atom. The van der Waals surface area contributed by atoms with Gasteiger partial charge < -0.3 is 10.2 Å². The van der Waals surface area contributed by atoms with Gasteiger partial charge in [0.25, 0.3) is 0 Å². The molecule has 2 amide bonds. The van der Waals surface area contributed by atoms with Crippen LogP contribution in [0.5, 0.6) is 0 Å². The number of rotatable bonds is 3. The second-order valence-electron chi connectivity index (χ2n) is 5.64. The second kappa shape index (κ2) is 7.55. The molecule has 2 aromatic carbocycles. The Bertz CT molecular complexity index is 850. The number of piperazine rings is 1. The van der Waals surface area contributed by atoms with E-state index in [0.717, 1.165) is 10.2 Å². The predicted molar refractivity (Wildman–Crippen MR) is 99.9 cm³/mol. The van der Waals surface area contributed by atoms with Crippen LogP contribution in [0.3, 0.4) is 0 Å². The van der Waals surface area contributed by atoms with Crippen LogP contribution in [0.25, 0.3) is 0 Å². The zero-order valence-electron chi connectivity index (χ0n) is 13.4. The number of benzene rings is 2. The molecule has 2 aromatic rings. The highest BCUT2D eigenvalue weighted by molar-refractivity contribution is 9.10. The van der Waals surface area contributed by atoms with Gasteiger partial charge in [-0.05, 0) is 30.3 Å². The number of nitrogens with zero attached hydrogens (tertiary/aromatic N) is 2. The molecule has 132 valence electrons. The Balaban J connectivity index is 1.62. The highest BCUT2D eigenvalue weighted by Gasteiger charge is 2.30. The van der Waals surface area contributed by atoms with Crippen LogP contribution in [0, 0.1) is 0 Å². The third-order valence-electron chi connectivity index (χ3n) is 3.98. The van der Waals surface area contributed by atoms with Crippen molar-refractivity contribution in [1.82, 2.24) is 9.21 Å². The average molecular weight is 424 g/mol. The van der Waals surface area contributed by atoms with Crippen molar-refractivity contribution in [3.8, 4) is 0 Å². The summed E-state index contributed by atoms with van der Waals surface area (Å²) in [7, 11) is -3.55. The molecule has 3 rings (SSSR count). The number of carbonyl (C=O) groups is 1. The van der Waals surface area contributed by atoms with Crippen molar-refractivity contribution in [3.05, 3.63) is 59.1 Å². The first-order valence-electron chi connectivity index (χ1n) is 7.83. The Hall–Kier alpha value is -1.90. The molecule has 6 nitrogen and oxygen atoms in total. The normalized spacial score (nSPS) is 15.8. The van der Waals surface area contributed by atoms with E-state index in [1.54, 1.807) is 29.2 Å². The quantitative estimate of drug-likeness (QED) is 0.824. The summed E-state index contributed by atoms with van der Waals surface area (Å²) in [5.41, 5.74) is 0.719. The highest BCUT2D eigenvalue weighted by atomic mass is 79.9. The third-order valence-corrected chi connectivity index (χ3v) is 6.37. The van der Waals surface area contributed by atoms with E-state index in [4.69, 9.17) is 0 Å². The van der Waals surface area contributed by atoms with Crippen molar-refractivity contribution >= 4 is 37.7 Å². The summed E-state index contributed by atoms with van der Waals surface area (Å²) in [4.78, 5) is 14.2. The van der Waals surface area contributed by atoms with Crippen LogP contribution in [0.4, 0.5) is 10.5 Å². The minimum atomic E-state index is -3.55. The maximum absolute atomic E-state index is 12.7. The molecule has 0 spiro atoms. The largest absolute Gasteiger partial charge is 0.322 e. The Labute approximate surface area is 155 Å². The Morgan fingerprint density at radius 1 is 0.960 bits per heavy atom. The minimum Gasteiger partial charge on any atom is -0.322 e. The molecule has 1 heterocycles. The summed E-state index contributed by atoms with van der Waals surface area (Å²) < 4.78 is 27.5. The summed E-state index contributed by atoms with van der Waals surface area (Å²) >= 11 is 3.29. The van der Waals surface area contributed by atoms with E-state index in [-0.39, 0.29) is 24.0 Å². The number of hydrogen-bond acceptors (Lipinski definition) is 3. The average Bonchev–Trinajstić information content (AvgIpc) is 2.62. The van der Waals surface area contributed by atoms with Crippen LogP contribution >= 0.6 is 15.9 Å². The van der Waals surface area contributed by atoms with Crippen molar-refractivity contribution in [2.45, 2.75) is 4.90 Å². The van der Waals surface area contributed by atoms with Crippen molar-refractivity contribution in [3.63, 3.8) is 0 Å². The molecule has 0 bridgehead atoms. The van der Waals surface area contributed by atoms with Gasteiger partial charge in [0.05, 0.1) is 4.90 Å². The maximum atomic E-state index is 12.7. The molecule has 1 aliphatic rings. The molecule has 0 aromatic heterocycles. The van der Waals surface area contributed by atoms with E-state index in [9.17, 15) is 13.2 Å². The fraction of sp³-hybridized carbons (Fsp3) is 0.235. The van der Waals surface area contributed by atoms with Gasteiger partial charge in [0.1, 0.15) is 0 Å². The van der Waals surface area contributed by atoms with Gasteiger partial charge in [-0.2, -0.15) is 4.31 Å². The topological polar surface area (TPSA) is 69.7 Å². The number of amides is 2. The summed E-state index contributed by atoms with van der Waals surface area (Å²) in [6.45, 7) is 1.26. The number of anilines is 1. The van der Waals surface area contributed by atoms with Crippen LogP contribution in [0.15, 0.2) is 64.0 Å². The Morgan fingerprint density at radius 3 is 2.28 bits per heavy atom. The van der Waals surface area contributed by atoms with Gasteiger partial charge in [0, 0.05) is 36.3 Å². The van der Waals surface area contributed by atoms with E-state index >= 15 is 0 Å². The molecule has 0 atom stereocenters. The van der Waals surface area contributed by atoms with Crippen LogP contribution in [-0.4, -0.2) is 49.8 Å². The molecule has 0 radical (unpaired) electrons. The number of hydrogen-bond donors (Lipinski definition) is 1. The molecule has 0 aliphatic carbocycles. The monoisotopic (exact) mass is 423 g/mol. The molecule has 8 heteroatoms. The van der Waals surface area contributed by atoms with Gasteiger partial charge in [0.2, 0.25) is 10.0 Å². The minimum absolute atomic E-state index is 0.217. The van der Waals surface area contributed by atoms with Crippen molar-refractivity contribution < 1.29 is 13.2 Å². The Kier molecular flexibility index (Phi) is 5.41. The fourth-order valence-electron chi connectivity index (χ4n) is 2.63. The lowest BCUT2D eigenvalue weighted by atomic mass is 10.3. The standard InChI is InChI=1S/C17H18BrN3O3S/c18-14-5-4-8-16(13-14)25(23,24)21-11-9-20(10-12-21)17(22)19-15-6-2-1-3-7-15/h1-8,13H,9-12H2,(H,19,22). The van der Waals surface area contributed by atoms with E-state index in [0.29, 0.717) is 13.1 Å². The zero-order chi connectivity index (χ0) is 17.9. The number of urea groups is 1. The van der Waals surface area contributed by atoms with Crippen molar-refractivity contribution in [2.75, 3.05) is 31.5 Å². The molecular weight excluding hydrogens is 406 g/mol. The van der Waals surface area contributed by atoms with Gasteiger partial charge in [-0.15, -0.1) is 0 Å². The van der Waals surface area contributed by atoms with Gasteiger partial charge >= 0.3 is 6.03 Å². The fourth-order valence-corrected chi connectivity index (χ4v) is 4.65. The van der Waals surface area contributed by atoms with Gasteiger partial charge in [-0.25, -0.2) is 13.2 Å².